The minimum absolute atomic E-state index is 0.0573. The Balaban J connectivity index is 2.41. The van der Waals surface area contributed by atoms with Gasteiger partial charge in [0.2, 0.25) is 17.8 Å². The van der Waals surface area contributed by atoms with Crippen molar-refractivity contribution in [1.82, 2.24) is 0 Å². The number of allylic oxidation sites excluding steroid dienone is 1. The van der Waals surface area contributed by atoms with E-state index in [9.17, 15) is 25.5 Å². The minimum atomic E-state index is -1.61. The van der Waals surface area contributed by atoms with Crippen LogP contribution in [0.25, 0.3) is 0 Å². The lowest BCUT2D eigenvalue weighted by atomic mass is 9.99. The minimum Gasteiger partial charge on any atom is -0.504 e. The lowest BCUT2D eigenvalue weighted by Crippen LogP contribution is -2.60. The molecule has 0 bridgehead atoms. The number of aliphatic hydroxyl groups excluding tert-OH is 4. The van der Waals surface area contributed by atoms with Crippen molar-refractivity contribution in [1.29, 1.82) is 0 Å². The molecule has 9 nitrogen and oxygen atoms in total. The molecule has 0 amide bonds. The summed E-state index contributed by atoms with van der Waals surface area (Å²) in [5.41, 5.74) is 0.481. The van der Waals surface area contributed by atoms with Crippen LogP contribution in [-0.4, -0.2) is 77.1 Å². The first kappa shape index (κ1) is 20.3. The SMILES string of the molecule is C=CCc1cc(OC)c(O[C@@H]2O[C@H](CO)[C@@H](O)[C@H](O)[C@H]2O)c(OC)c1O. The van der Waals surface area contributed by atoms with Gasteiger partial charge in [-0.1, -0.05) is 6.08 Å². The monoisotopic (exact) mass is 372 g/mol. The number of aliphatic hydroxyl groups is 4. The van der Waals surface area contributed by atoms with Gasteiger partial charge in [-0.3, -0.25) is 0 Å². The molecule has 1 aliphatic heterocycles. The highest BCUT2D eigenvalue weighted by Crippen LogP contribution is 2.47. The van der Waals surface area contributed by atoms with Gasteiger partial charge in [0.25, 0.3) is 0 Å². The zero-order valence-corrected chi connectivity index (χ0v) is 14.5. The molecular weight excluding hydrogens is 348 g/mol. The standard InChI is InChI=1S/C17H24O9/c1-4-5-8-6-9(23-2)15(16(24-3)11(8)19)26-17-14(22)13(21)12(20)10(7-18)25-17/h4,6,10,12-14,17-22H,1,5,7H2,2-3H3/t10-,12-,13+,14-,17+/m1/s1. The van der Waals surface area contributed by atoms with Crippen molar-refractivity contribution < 1.29 is 44.5 Å². The van der Waals surface area contributed by atoms with Crippen LogP contribution in [0.5, 0.6) is 23.0 Å². The van der Waals surface area contributed by atoms with E-state index < -0.39 is 37.3 Å². The van der Waals surface area contributed by atoms with E-state index in [0.29, 0.717) is 12.0 Å². The number of benzene rings is 1. The quantitative estimate of drug-likeness (QED) is 0.394. The Kier molecular flexibility index (Phi) is 6.68. The number of methoxy groups -OCH3 is 2. The van der Waals surface area contributed by atoms with Crippen molar-refractivity contribution in [3.05, 3.63) is 24.3 Å². The van der Waals surface area contributed by atoms with Crippen LogP contribution in [0.15, 0.2) is 18.7 Å². The van der Waals surface area contributed by atoms with Crippen molar-refractivity contribution in [2.75, 3.05) is 20.8 Å². The molecule has 0 saturated carbocycles. The first-order chi connectivity index (χ1) is 12.4. The molecule has 1 aromatic carbocycles. The average Bonchev–Trinajstić information content (AvgIpc) is 2.64. The smallest absolute Gasteiger partial charge is 0.229 e. The Morgan fingerprint density at radius 1 is 1.12 bits per heavy atom. The van der Waals surface area contributed by atoms with Crippen LogP contribution >= 0.6 is 0 Å². The topological polar surface area (TPSA) is 138 Å². The van der Waals surface area contributed by atoms with Gasteiger partial charge >= 0.3 is 0 Å². The molecule has 26 heavy (non-hydrogen) atoms. The molecule has 5 N–H and O–H groups in total. The van der Waals surface area contributed by atoms with Gasteiger partial charge in [0.1, 0.15) is 24.4 Å². The lowest BCUT2D eigenvalue weighted by Gasteiger charge is -2.39. The summed E-state index contributed by atoms with van der Waals surface area (Å²) < 4.78 is 21.4. The molecule has 2 rings (SSSR count). The highest BCUT2D eigenvalue weighted by atomic mass is 16.7. The van der Waals surface area contributed by atoms with Gasteiger partial charge in [-0.15, -0.1) is 6.58 Å². The van der Waals surface area contributed by atoms with Gasteiger partial charge in [-0.05, 0) is 12.5 Å². The Hall–Kier alpha value is -2.04. The van der Waals surface area contributed by atoms with Crippen LogP contribution in [-0.2, 0) is 11.2 Å². The predicted octanol–water partition coefficient (Wildman–Crippen LogP) is -0.683. The fourth-order valence-corrected chi connectivity index (χ4v) is 2.70. The number of hydrogen-bond acceptors (Lipinski definition) is 9. The first-order valence-electron chi connectivity index (χ1n) is 7.94. The van der Waals surface area contributed by atoms with Crippen LogP contribution < -0.4 is 14.2 Å². The van der Waals surface area contributed by atoms with Gasteiger partial charge in [0.05, 0.1) is 20.8 Å². The maximum absolute atomic E-state index is 10.4. The third kappa shape index (κ3) is 3.71. The summed E-state index contributed by atoms with van der Waals surface area (Å²) >= 11 is 0. The zero-order valence-electron chi connectivity index (χ0n) is 14.5. The van der Waals surface area contributed by atoms with Gasteiger partial charge < -0.3 is 44.5 Å². The molecule has 5 atom stereocenters. The van der Waals surface area contributed by atoms with Gasteiger partial charge in [0.15, 0.2) is 11.5 Å². The lowest BCUT2D eigenvalue weighted by molar-refractivity contribution is -0.277. The van der Waals surface area contributed by atoms with E-state index in [-0.39, 0.29) is 23.0 Å². The molecule has 0 aliphatic carbocycles. The Morgan fingerprint density at radius 3 is 2.35 bits per heavy atom. The van der Waals surface area contributed by atoms with Crippen molar-refractivity contribution in [3.63, 3.8) is 0 Å². The molecule has 1 saturated heterocycles. The number of phenols is 1. The molecule has 1 heterocycles. The van der Waals surface area contributed by atoms with Crippen LogP contribution in [0.2, 0.25) is 0 Å². The summed E-state index contributed by atoms with van der Waals surface area (Å²) in [7, 11) is 2.69. The first-order valence-corrected chi connectivity index (χ1v) is 7.94. The highest BCUT2D eigenvalue weighted by Gasteiger charge is 2.45. The highest BCUT2D eigenvalue weighted by molar-refractivity contribution is 5.62. The zero-order chi connectivity index (χ0) is 19.4. The maximum atomic E-state index is 10.4. The average molecular weight is 372 g/mol. The van der Waals surface area contributed by atoms with E-state index in [1.807, 2.05) is 0 Å². The number of ether oxygens (including phenoxy) is 4. The predicted molar refractivity (Wildman–Crippen MR) is 89.5 cm³/mol. The second-order valence-corrected chi connectivity index (χ2v) is 5.76. The van der Waals surface area contributed by atoms with Gasteiger partial charge in [-0.25, -0.2) is 0 Å². The van der Waals surface area contributed by atoms with E-state index in [2.05, 4.69) is 6.58 Å². The molecule has 0 unspecified atom stereocenters. The Bertz CT molecular complexity index is 631. The van der Waals surface area contributed by atoms with E-state index in [4.69, 9.17) is 18.9 Å². The third-order valence-electron chi connectivity index (χ3n) is 4.13. The number of phenolic OH excluding ortho intramolecular Hbond substituents is 1. The molecule has 1 aliphatic rings. The van der Waals surface area contributed by atoms with Crippen LogP contribution in [0.1, 0.15) is 5.56 Å². The van der Waals surface area contributed by atoms with Gasteiger partial charge in [-0.2, -0.15) is 0 Å². The van der Waals surface area contributed by atoms with Crippen molar-refractivity contribution in [2.45, 2.75) is 37.1 Å². The number of rotatable bonds is 7. The Morgan fingerprint density at radius 2 is 1.81 bits per heavy atom. The fourth-order valence-electron chi connectivity index (χ4n) is 2.70. The largest absolute Gasteiger partial charge is 0.504 e. The summed E-state index contributed by atoms with van der Waals surface area (Å²) in [4.78, 5) is 0. The van der Waals surface area contributed by atoms with E-state index in [0.717, 1.165) is 0 Å². The normalized spacial score (nSPS) is 28.5. The van der Waals surface area contributed by atoms with E-state index in [1.54, 1.807) is 6.08 Å². The molecular formula is C17H24O9. The fraction of sp³-hybridized carbons (Fsp3) is 0.529. The van der Waals surface area contributed by atoms with E-state index >= 15 is 0 Å². The summed E-state index contributed by atoms with van der Waals surface area (Å²) in [6.07, 6.45) is -5.37. The maximum Gasteiger partial charge on any atom is 0.229 e. The van der Waals surface area contributed by atoms with Crippen LogP contribution in [0.4, 0.5) is 0 Å². The molecule has 146 valence electrons. The second kappa shape index (κ2) is 8.56. The van der Waals surface area contributed by atoms with Gasteiger partial charge in [0, 0.05) is 5.56 Å². The molecule has 0 radical (unpaired) electrons. The number of hydrogen-bond donors (Lipinski definition) is 5. The summed E-state index contributed by atoms with van der Waals surface area (Å²) in [5.74, 6) is -0.135. The summed E-state index contributed by atoms with van der Waals surface area (Å²) in [5, 5.41) is 49.5. The Labute approximate surface area is 150 Å². The van der Waals surface area contributed by atoms with E-state index in [1.165, 1.54) is 20.3 Å². The number of aromatic hydroxyl groups is 1. The molecule has 0 aromatic heterocycles. The molecule has 9 heteroatoms. The molecule has 1 fully saturated rings. The summed E-state index contributed by atoms with van der Waals surface area (Å²) in [6, 6.07) is 1.51. The molecule has 0 spiro atoms. The van der Waals surface area contributed by atoms with Crippen molar-refractivity contribution >= 4 is 0 Å². The van der Waals surface area contributed by atoms with Crippen molar-refractivity contribution in [2.24, 2.45) is 0 Å². The van der Waals surface area contributed by atoms with Crippen molar-refractivity contribution in [3.8, 4) is 23.0 Å². The van der Waals surface area contributed by atoms with Crippen LogP contribution in [0, 0.1) is 0 Å². The third-order valence-corrected chi connectivity index (χ3v) is 4.13. The second-order valence-electron chi connectivity index (χ2n) is 5.76. The summed E-state index contributed by atoms with van der Waals surface area (Å²) in [6.45, 7) is 3.02. The molecule has 1 aromatic rings. The van der Waals surface area contributed by atoms with Crippen LogP contribution in [0.3, 0.4) is 0 Å².